The van der Waals surface area contributed by atoms with Crippen molar-refractivity contribution < 1.29 is 0 Å². The highest BCUT2D eigenvalue weighted by Crippen LogP contribution is 2.39. The minimum absolute atomic E-state index is 0.862. The van der Waals surface area contributed by atoms with Gasteiger partial charge in [-0.3, -0.25) is 0 Å². The van der Waals surface area contributed by atoms with E-state index in [2.05, 4.69) is 43.0 Å². The van der Waals surface area contributed by atoms with Gasteiger partial charge in [0.15, 0.2) is 0 Å². The molecule has 2 heterocycles. The number of fused-ring (bicyclic) bond motifs is 1. The van der Waals surface area contributed by atoms with E-state index < -0.39 is 0 Å². The van der Waals surface area contributed by atoms with Crippen LogP contribution in [0.15, 0.2) is 10.8 Å². The van der Waals surface area contributed by atoms with E-state index in [1.54, 1.807) is 6.33 Å². The lowest BCUT2D eigenvalue weighted by molar-refractivity contribution is 0.202. The van der Waals surface area contributed by atoms with Crippen LogP contribution in [0, 0.1) is 11.8 Å². The molecule has 2 unspecified atom stereocenters. The number of halogens is 1. The van der Waals surface area contributed by atoms with Gasteiger partial charge in [0.05, 0.1) is 0 Å². The Morgan fingerprint density at radius 1 is 1.24 bits per heavy atom. The van der Waals surface area contributed by atoms with Crippen molar-refractivity contribution in [2.45, 2.75) is 45.4 Å². The van der Waals surface area contributed by atoms with Crippen molar-refractivity contribution in [2.75, 3.05) is 29.9 Å². The van der Waals surface area contributed by atoms with E-state index >= 15 is 0 Å². The molecule has 21 heavy (non-hydrogen) atoms. The van der Waals surface area contributed by atoms with Gasteiger partial charge in [-0.2, -0.15) is 0 Å². The van der Waals surface area contributed by atoms with Crippen LogP contribution in [0.2, 0.25) is 0 Å². The second-order valence-electron chi connectivity index (χ2n) is 6.33. The van der Waals surface area contributed by atoms with Crippen LogP contribution in [-0.2, 0) is 0 Å². The molecule has 1 saturated heterocycles. The molecule has 0 amide bonds. The first-order chi connectivity index (χ1) is 10.3. The van der Waals surface area contributed by atoms with Crippen molar-refractivity contribution in [2.24, 2.45) is 11.8 Å². The molecule has 0 bridgehead atoms. The van der Waals surface area contributed by atoms with Crippen LogP contribution >= 0.6 is 15.9 Å². The number of anilines is 2. The Morgan fingerprint density at radius 2 is 2.05 bits per heavy atom. The summed E-state index contributed by atoms with van der Waals surface area (Å²) in [6.07, 6.45) is 9.77. The van der Waals surface area contributed by atoms with Crippen LogP contribution in [-0.4, -0.2) is 29.6 Å². The van der Waals surface area contributed by atoms with E-state index in [1.165, 1.54) is 32.1 Å². The molecule has 1 aliphatic carbocycles. The van der Waals surface area contributed by atoms with E-state index in [9.17, 15) is 0 Å². The number of aromatic nitrogens is 2. The smallest absolute Gasteiger partial charge is 0.148 e. The van der Waals surface area contributed by atoms with Gasteiger partial charge < -0.3 is 10.2 Å². The van der Waals surface area contributed by atoms with E-state index in [-0.39, 0.29) is 0 Å². The molecule has 1 N–H and O–H groups in total. The summed E-state index contributed by atoms with van der Waals surface area (Å²) in [5.41, 5.74) is 0. The molecule has 116 valence electrons. The predicted molar refractivity (Wildman–Crippen MR) is 90.8 cm³/mol. The summed E-state index contributed by atoms with van der Waals surface area (Å²) in [6, 6.07) is 0. The molecule has 1 aromatic heterocycles. The zero-order valence-corrected chi connectivity index (χ0v) is 14.4. The number of hydrogen-bond acceptors (Lipinski definition) is 4. The summed E-state index contributed by atoms with van der Waals surface area (Å²) in [6.45, 7) is 5.40. The van der Waals surface area contributed by atoms with Crippen molar-refractivity contribution in [3.05, 3.63) is 10.8 Å². The van der Waals surface area contributed by atoms with Gasteiger partial charge in [0.1, 0.15) is 22.4 Å². The fourth-order valence-corrected chi connectivity index (χ4v) is 4.34. The van der Waals surface area contributed by atoms with E-state index in [0.717, 1.165) is 54.0 Å². The Balaban J connectivity index is 1.74. The van der Waals surface area contributed by atoms with E-state index in [4.69, 9.17) is 0 Å². The van der Waals surface area contributed by atoms with Gasteiger partial charge in [0, 0.05) is 19.6 Å². The summed E-state index contributed by atoms with van der Waals surface area (Å²) in [5, 5.41) is 3.37. The third kappa shape index (κ3) is 3.33. The van der Waals surface area contributed by atoms with Crippen LogP contribution < -0.4 is 10.2 Å². The first-order valence-electron chi connectivity index (χ1n) is 8.29. The second-order valence-corrected chi connectivity index (χ2v) is 7.12. The molecule has 1 aliphatic heterocycles. The molecule has 2 fully saturated rings. The predicted octanol–water partition coefficient (Wildman–Crippen LogP) is 4.08. The number of nitrogens with zero attached hydrogens (tertiary/aromatic N) is 3. The normalized spacial score (nSPS) is 25.5. The molecule has 0 aromatic carbocycles. The minimum Gasteiger partial charge on any atom is -0.369 e. The van der Waals surface area contributed by atoms with Crippen molar-refractivity contribution in [3.8, 4) is 0 Å². The standard InChI is InChI=1S/C16H25BrN4/c1-2-8-18-15-14(17)16(20-11-19-15)21-9-7-12-5-3-4-6-13(12)10-21/h11-13H,2-10H2,1H3,(H,18,19,20). The molecular weight excluding hydrogens is 328 g/mol. The van der Waals surface area contributed by atoms with Crippen molar-refractivity contribution >= 4 is 27.6 Å². The monoisotopic (exact) mass is 352 g/mol. The highest BCUT2D eigenvalue weighted by Gasteiger charge is 2.32. The van der Waals surface area contributed by atoms with Gasteiger partial charge in [-0.25, -0.2) is 9.97 Å². The van der Waals surface area contributed by atoms with Gasteiger partial charge in [0.2, 0.25) is 0 Å². The van der Waals surface area contributed by atoms with Crippen LogP contribution in [0.1, 0.15) is 45.4 Å². The highest BCUT2D eigenvalue weighted by atomic mass is 79.9. The summed E-state index contributed by atoms with van der Waals surface area (Å²) < 4.78 is 1.02. The zero-order valence-electron chi connectivity index (χ0n) is 12.8. The summed E-state index contributed by atoms with van der Waals surface area (Å²) in [7, 11) is 0. The maximum atomic E-state index is 4.54. The molecule has 4 nitrogen and oxygen atoms in total. The lowest BCUT2D eigenvalue weighted by Crippen LogP contribution is -2.42. The SMILES string of the molecule is CCCNc1ncnc(N2CCC3CCCCC3C2)c1Br. The van der Waals surface area contributed by atoms with E-state index in [1.807, 2.05) is 0 Å². The van der Waals surface area contributed by atoms with Crippen LogP contribution in [0.5, 0.6) is 0 Å². The summed E-state index contributed by atoms with van der Waals surface area (Å²) in [4.78, 5) is 11.3. The lowest BCUT2D eigenvalue weighted by atomic mass is 9.75. The van der Waals surface area contributed by atoms with Crippen molar-refractivity contribution in [3.63, 3.8) is 0 Å². The highest BCUT2D eigenvalue weighted by molar-refractivity contribution is 9.10. The van der Waals surface area contributed by atoms with Gasteiger partial charge in [-0.1, -0.05) is 26.2 Å². The third-order valence-corrected chi connectivity index (χ3v) is 5.63. The van der Waals surface area contributed by atoms with Crippen LogP contribution in [0.4, 0.5) is 11.6 Å². The van der Waals surface area contributed by atoms with Crippen molar-refractivity contribution in [1.82, 2.24) is 9.97 Å². The van der Waals surface area contributed by atoms with Crippen molar-refractivity contribution in [1.29, 1.82) is 0 Å². The molecule has 5 heteroatoms. The van der Waals surface area contributed by atoms with Gasteiger partial charge >= 0.3 is 0 Å². The molecule has 2 aliphatic rings. The number of piperidine rings is 1. The number of hydrogen-bond donors (Lipinski definition) is 1. The Morgan fingerprint density at radius 3 is 2.86 bits per heavy atom. The van der Waals surface area contributed by atoms with Gasteiger partial charge in [-0.05, 0) is 47.0 Å². The quantitative estimate of drug-likeness (QED) is 0.886. The zero-order chi connectivity index (χ0) is 14.7. The fourth-order valence-electron chi connectivity index (χ4n) is 3.74. The lowest BCUT2D eigenvalue weighted by Gasteiger charge is -2.42. The molecule has 1 aromatic rings. The molecule has 0 spiro atoms. The Hall–Kier alpha value is -0.840. The third-order valence-electron chi connectivity index (χ3n) is 4.90. The molecular formula is C16H25BrN4. The number of nitrogens with one attached hydrogen (secondary N) is 1. The molecule has 2 atom stereocenters. The summed E-state index contributed by atoms with van der Waals surface area (Å²) >= 11 is 3.71. The molecule has 1 saturated carbocycles. The largest absolute Gasteiger partial charge is 0.369 e. The first-order valence-corrected chi connectivity index (χ1v) is 9.08. The average molecular weight is 353 g/mol. The Kier molecular flexibility index (Phi) is 4.99. The Labute approximate surface area is 135 Å². The van der Waals surface area contributed by atoms with Gasteiger partial charge in [0.25, 0.3) is 0 Å². The first kappa shape index (κ1) is 15.1. The average Bonchev–Trinajstić information content (AvgIpc) is 2.53. The maximum absolute atomic E-state index is 4.54. The fraction of sp³-hybridized carbons (Fsp3) is 0.750. The van der Waals surface area contributed by atoms with E-state index in [0.29, 0.717) is 0 Å². The summed E-state index contributed by atoms with van der Waals surface area (Å²) in [5.74, 6) is 3.80. The van der Waals surface area contributed by atoms with Crippen LogP contribution in [0.25, 0.3) is 0 Å². The maximum Gasteiger partial charge on any atom is 0.148 e. The Bertz CT molecular complexity index is 479. The van der Waals surface area contributed by atoms with Gasteiger partial charge in [-0.15, -0.1) is 0 Å². The number of rotatable bonds is 4. The molecule has 3 rings (SSSR count). The molecule has 0 radical (unpaired) electrons. The second kappa shape index (κ2) is 6.95. The van der Waals surface area contributed by atoms with Crippen LogP contribution in [0.3, 0.4) is 0 Å². The minimum atomic E-state index is 0.862. The topological polar surface area (TPSA) is 41.1 Å².